The summed E-state index contributed by atoms with van der Waals surface area (Å²) in [5, 5.41) is 30.7. The molecule has 1 fully saturated rings. The van der Waals surface area contributed by atoms with Gasteiger partial charge in [0.2, 0.25) is 10.3 Å². The van der Waals surface area contributed by atoms with Crippen molar-refractivity contribution in [1.29, 1.82) is 0 Å². The molecule has 3 aliphatic rings. The van der Waals surface area contributed by atoms with E-state index in [1.54, 1.807) is 6.92 Å². The number of hydrogen-bond donors (Lipinski definition) is 3. The van der Waals surface area contributed by atoms with Crippen molar-refractivity contribution in [2.45, 2.75) is 83.6 Å². The molecule has 1 unspecified atom stereocenters. The highest BCUT2D eigenvalue weighted by Crippen LogP contribution is 2.51. The highest BCUT2D eigenvalue weighted by atomic mass is 32.2. The van der Waals surface area contributed by atoms with Crippen LogP contribution in [0, 0.1) is 11.8 Å². The lowest BCUT2D eigenvalue weighted by atomic mass is 9.73. The topological polar surface area (TPSA) is 107 Å². The van der Waals surface area contributed by atoms with Crippen molar-refractivity contribution in [3.05, 3.63) is 57.7 Å². The fraction of sp³-hybridized carbons (Fsp3) is 0.516. The molecule has 0 saturated carbocycles. The van der Waals surface area contributed by atoms with Gasteiger partial charge in [0, 0.05) is 22.1 Å². The molecule has 1 aromatic rings. The normalized spacial score (nSPS) is 24.5. The average molecular weight is 618 g/mol. The Morgan fingerprint density at radius 2 is 2.07 bits per heavy atom. The number of ether oxygens (including phenoxy) is 1. The van der Waals surface area contributed by atoms with Gasteiger partial charge in [0.15, 0.2) is 0 Å². The SMILES string of the molecule is C=C(C)[C@@H]1CCC(C)=C[C@H]1c1c(O)cc(CCCCC)cc1OC(=S)SCC1=C(C(=O)O)N2C(=O)[C@H]([C@@H](C)O)C2S1. The highest BCUT2D eigenvalue weighted by molar-refractivity contribution is 8.23. The van der Waals surface area contributed by atoms with Crippen LogP contribution >= 0.6 is 35.7 Å². The van der Waals surface area contributed by atoms with Crippen molar-refractivity contribution >= 4 is 52.0 Å². The van der Waals surface area contributed by atoms with E-state index in [2.05, 4.69) is 26.5 Å². The Labute approximate surface area is 256 Å². The van der Waals surface area contributed by atoms with Crippen molar-refractivity contribution in [1.82, 2.24) is 4.90 Å². The van der Waals surface area contributed by atoms with Crippen LogP contribution < -0.4 is 4.74 Å². The quantitative estimate of drug-likeness (QED) is 0.108. The summed E-state index contributed by atoms with van der Waals surface area (Å²) in [5.74, 6) is -1.24. The Morgan fingerprint density at radius 3 is 2.71 bits per heavy atom. The van der Waals surface area contributed by atoms with Crippen LogP contribution in [0.3, 0.4) is 0 Å². The number of amides is 1. The first-order valence-corrected chi connectivity index (χ1v) is 16.4. The molecule has 2 aliphatic heterocycles. The molecule has 7 nitrogen and oxygen atoms in total. The number of aliphatic hydroxyl groups is 1. The molecule has 2 heterocycles. The summed E-state index contributed by atoms with van der Waals surface area (Å²) in [6, 6.07) is 3.80. The number of rotatable bonds is 11. The molecular formula is C31H39NO6S3. The Balaban J connectivity index is 1.58. The third-order valence-corrected chi connectivity index (χ3v) is 10.8. The number of aromatic hydroxyl groups is 1. The monoisotopic (exact) mass is 617 g/mol. The van der Waals surface area contributed by atoms with E-state index < -0.39 is 23.4 Å². The summed E-state index contributed by atoms with van der Waals surface area (Å²) in [4.78, 5) is 26.3. The lowest BCUT2D eigenvalue weighted by Crippen LogP contribution is -2.60. The highest BCUT2D eigenvalue weighted by Gasteiger charge is 2.57. The molecule has 3 N–H and O–H groups in total. The zero-order chi connectivity index (χ0) is 30.0. The van der Waals surface area contributed by atoms with Gasteiger partial charge in [0.1, 0.15) is 22.6 Å². The molecule has 41 heavy (non-hydrogen) atoms. The van der Waals surface area contributed by atoms with Crippen LogP contribution in [0.4, 0.5) is 0 Å². The fourth-order valence-electron chi connectivity index (χ4n) is 5.92. The van der Waals surface area contributed by atoms with Crippen molar-refractivity contribution < 1.29 is 29.6 Å². The van der Waals surface area contributed by atoms with Crippen molar-refractivity contribution in [3.8, 4) is 11.5 Å². The molecule has 0 aromatic heterocycles. The number of fused-ring (bicyclic) bond motifs is 1. The molecule has 0 radical (unpaired) electrons. The number of benzene rings is 1. The number of carbonyl (C=O) groups excluding carboxylic acids is 1. The maximum absolute atomic E-state index is 12.5. The van der Waals surface area contributed by atoms with Gasteiger partial charge in [0.25, 0.3) is 0 Å². The van der Waals surface area contributed by atoms with E-state index in [0.717, 1.165) is 49.7 Å². The summed E-state index contributed by atoms with van der Waals surface area (Å²) < 4.78 is 6.47. The van der Waals surface area contributed by atoms with Crippen molar-refractivity contribution in [2.75, 3.05) is 5.75 Å². The van der Waals surface area contributed by atoms with Crippen LogP contribution in [-0.2, 0) is 16.0 Å². The summed E-state index contributed by atoms with van der Waals surface area (Å²) in [5.41, 5.74) is 3.91. The molecule has 1 aromatic carbocycles. The smallest absolute Gasteiger partial charge is 0.353 e. The van der Waals surface area contributed by atoms with Crippen LogP contribution in [0.5, 0.6) is 11.5 Å². The summed E-state index contributed by atoms with van der Waals surface area (Å²) in [6.07, 6.45) is 7.23. The number of aliphatic hydroxyl groups excluding tert-OH is 1. The number of β-lactam (4-membered cyclic amide) rings is 1. The third kappa shape index (κ3) is 6.71. The zero-order valence-corrected chi connectivity index (χ0v) is 26.5. The van der Waals surface area contributed by atoms with Gasteiger partial charge in [-0.25, -0.2) is 4.79 Å². The van der Waals surface area contributed by atoms with Crippen molar-refractivity contribution in [3.63, 3.8) is 0 Å². The Hall–Kier alpha value is -2.27. The van der Waals surface area contributed by atoms with E-state index in [0.29, 0.717) is 16.2 Å². The van der Waals surface area contributed by atoms with Crippen LogP contribution in [0.25, 0.3) is 0 Å². The number of carboxylic acid groups (broad SMARTS) is 1. The lowest BCUT2D eigenvalue weighted by Gasteiger charge is -2.43. The van der Waals surface area contributed by atoms with E-state index in [1.807, 2.05) is 19.1 Å². The fourth-order valence-corrected chi connectivity index (χ4v) is 8.56. The number of nitrogens with zero attached hydrogens (tertiary/aromatic N) is 1. The van der Waals surface area contributed by atoms with E-state index in [4.69, 9.17) is 17.0 Å². The number of unbranched alkanes of at least 4 members (excludes halogenated alkanes) is 2. The Kier molecular flexibility index (Phi) is 10.3. The summed E-state index contributed by atoms with van der Waals surface area (Å²) >= 11 is 8.08. The number of thiocarbonyl (C=S) groups is 1. The number of hydrogen-bond acceptors (Lipinski definition) is 8. The van der Waals surface area contributed by atoms with Gasteiger partial charge >= 0.3 is 5.97 Å². The summed E-state index contributed by atoms with van der Waals surface area (Å²) in [7, 11) is 0. The molecule has 0 bridgehead atoms. The molecule has 1 amide bonds. The van der Waals surface area contributed by atoms with E-state index in [9.17, 15) is 24.9 Å². The van der Waals surface area contributed by atoms with Gasteiger partial charge < -0.3 is 20.1 Å². The number of thioether (sulfide) groups is 2. The standard InChI is InChI=1S/C31H39NO6S3/c1-6-7-8-9-19-13-22(34)26(21-12-17(4)10-11-20(21)16(2)3)23(14-19)38-31(39)40-15-24-27(30(36)37)32-28(35)25(18(5)33)29(32)41-24/h12-14,18,20-21,25,29,33-34H,2,6-11,15H2,1,3-5H3,(H,36,37)/t18-,20+,21-,25+,29?/m1/s1. The number of phenols is 1. The maximum atomic E-state index is 12.5. The number of phenolic OH excluding ortho intramolecular Hbond substituents is 1. The maximum Gasteiger partial charge on any atom is 0.353 e. The van der Waals surface area contributed by atoms with E-state index >= 15 is 0 Å². The second-order valence-corrected chi connectivity index (χ2v) is 14.0. The molecule has 1 aliphatic carbocycles. The van der Waals surface area contributed by atoms with Gasteiger partial charge in [-0.15, -0.1) is 11.8 Å². The number of allylic oxidation sites excluding steroid dienone is 3. The summed E-state index contributed by atoms with van der Waals surface area (Å²) in [6.45, 7) is 12.0. The predicted octanol–water partition coefficient (Wildman–Crippen LogP) is 6.75. The zero-order valence-electron chi connectivity index (χ0n) is 24.0. The van der Waals surface area contributed by atoms with Gasteiger partial charge in [-0.1, -0.05) is 55.3 Å². The van der Waals surface area contributed by atoms with Crippen LogP contribution in [-0.4, -0.2) is 53.7 Å². The first kappa shape index (κ1) is 31.7. The first-order valence-electron chi connectivity index (χ1n) is 14.1. The number of carbonyl (C=O) groups is 2. The molecule has 0 spiro atoms. The molecule has 1 saturated heterocycles. The van der Waals surface area contributed by atoms with E-state index in [1.165, 1.54) is 34.0 Å². The molecule has 4 rings (SSSR count). The molecule has 222 valence electrons. The predicted molar refractivity (Wildman–Crippen MR) is 169 cm³/mol. The lowest BCUT2D eigenvalue weighted by molar-refractivity contribution is -0.156. The molecule has 10 heteroatoms. The number of carboxylic acids is 1. The minimum atomic E-state index is -1.18. The minimum absolute atomic E-state index is 0.0550. The minimum Gasteiger partial charge on any atom is -0.507 e. The molecular weight excluding hydrogens is 579 g/mol. The van der Waals surface area contributed by atoms with Gasteiger partial charge in [-0.05, 0) is 82.3 Å². The van der Waals surface area contributed by atoms with Gasteiger partial charge in [-0.2, -0.15) is 0 Å². The van der Waals surface area contributed by atoms with Crippen LogP contribution in [0.15, 0.2) is 46.5 Å². The van der Waals surface area contributed by atoms with E-state index in [-0.39, 0.29) is 39.3 Å². The Bertz CT molecular complexity index is 1300. The van der Waals surface area contributed by atoms with Crippen molar-refractivity contribution in [2.24, 2.45) is 11.8 Å². The third-order valence-electron chi connectivity index (χ3n) is 8.05. The molecule has 5 atom stereocenters. The largest absolute Gasteiger partial charge is 0.507 e. The van der Waals surface area contributed by atoms with Gasteiger partial charge in [-0.3, -0.25) is 9.69 Å². The second-order valence-electron chi connectivity index (χ2n) is 11.2. The van der Waals surface area contributed by atoms with Crippen LogP contribution in [0.2, 0.25) is 0 Å². The average Bonchev–Trinajstić information content (AvgIpc) is 3.21. The number of aliphatic carboxylic acids is 1. The van der Waals surface area contributed by atoms with Gasteiger partial charge in [0.05, 0.1) is 12.0 Å². The Morgan fingerprint density at radius 1 is 1.34 bits per heavy atom. The first-order chi connectivity index (χ1) is 19.4. The van der Waals surface area contributed by atoms with Crippen LogP contribution in [0.1, 0.15) is 76.8 Å². The number of aryl methyl sites for hydroxylation is 1. The second kappa shape index (κ2) is 13.4.